The Kier molecular flexibility index (Phi) is 5.81. The molecule has 0 heterocycles. The number of carbonyl (C=O) groups is 1. The van der Waals surface area contributed by atoms with Crippen LogP contribution >= 0.6 is 0 Å². The van der Waals surface area contributed by atoms with E-state index in [-0.39, 0.29) is 17.9 Å². The van der Waals surface area contributed by atoms with Crippen LogP contribution in [-0.4, -0.2) is 18.6 Å². The Labute approximate surface area is 98.7 Å². The summed E-state index contributed by atoms with van der Waals surface area (Å²) in [6.45, 7) is 4.82. The van der Waals surface area contributed by atoms with E-state index in [4.69, 9.17) is 10.5 Å². The van der Waals surface area contributed by atoms with Crippen LogP contribution in [0.5, 0.6) is 0 Å². The molecule has 1 aliphatic rings. The highest BCUT2D eigenvalue weighted by Crippen LogP contribution is 2.24. The number of hydrogen-bond donors (Lipinski definition) is 1. The Morgan fingerprint density at radius 3 is 2.75 bits per heavy atom. The number of esters is 1. The molecule has 0 aromatic rings. The average Bonchev–Trinajstić information content (AvgIpc) is 2.27. The fraction of sp³-hybridized carbons (Fsp3) is 0.923. The van der Waals surface area contributed by atoms with Crippen molar-refractivity contribution in [3.8, 4) is 0 Å². The van der Waals surface area contributed by atoms with Gasteiger partial charge in [0.15, 0.2) is 0 Å². The molecule has 1 fully saturated rings. The average molecular weight is 227 g/mol. The number of ether oxygens (including phenoxy) is 1. The molecule has 1 saturated carbocycles. The fourth-order valence-corrected chi connectivity index (χ4v) is 2.36. The predicted molar refractivity (Wildman–Crippen MR) is 65.0 cm³/mol. The highest BCUT2D eigenvalue weighted by atomic mass is 16.5. The summed E-state index contributed by atoms with van der Waals surface area (Å²) >= 11 is 0. The standard InChI is InChI=1S/C13H25NO2/c1-3-6-10(2)9-16-13(15)11-7-4-5-8-12(11)14/h10-12H,3-9,14H2,1-2H3. The van der Waals surface area contributed by atoms with Gasteiger partial charge in [0.25, 0.3) is 0 Å². The smallest absolute Gasteiger partial charge is 0.310 e. The quantitative estimate of drug-likeness (QED) is 0.734. The normalized spacial score (nSPS) is 27.4. The summed E-state index contributed by atoms with van der Waals surface area (Å²) < 4.78 is 5.35. The van der Waals surface area contributed by atoms with Crippen molar-refractivity contribution in [1.82, 2.24) is 0 Å². The summed E-state index contributed by atoms with van der Waals surface area (Å²) in [5.41, 5.74) is 5.94. The van der Waals surface area contributed by atoms with E-state index in [1.807, 2.05) is 0 Å². The molecule has 3 unspecified atom stereocenters. The van der Waals surface area contributed by atoms with E-state index in [2.05, 4.69) is 13.8 Å². The molecule has 0 aromatic carbocycles. The second-order valence-corrected chi connectivity index (χ2v) is 5.08. The summed E-state index contributed by atoms with van der Waals surface area (Å²) in [5, 5.41) is 0. The Hall–Kier alpha value is -0.570. The third kappa shape index (κ3) is 4.12. The van der Waals surface area contributed by atoms with Crippen molar-refractivity contribution in [1.29, 1.82) is 0 Å². The first-order chi connectivity index (χ1) is 7.65. The highest BCUT2D eigenvalue weighted by molar-refractivity contribution is 5.73. The first-order valence-electron chi connectivity index (χ1n) is 6.57. The summed E-state index contributed by atoms with van der Waals surface area (Å²) in [6.07, 6.45) is 6.38. The van der Waals surface area contributed by atoms with Crippen LogP contribution in [-0.2, 0) is 9.53 Å². The topological polar surface area (TPSA) is 52.3 Å². The van der Waals surface area contributed by atoms with E-state index < -0.39 is 0 Å². The Balaban J connectivity index is 2.28. The molecule has 0 saturated heterocycles. The maximum atomic E-state index is 11.8. The molecule has 0 radical (unpaired) electrons. The largest absolute Gasteiger partial charge is 0.465 e. The van der Waals surface area contributed by atoms with Gasteiger partial charge in [-0.25, -0.2) is 0 Å². The molecule has 0 spiro atoms. The summed E-state index contributed by atoms with van der Waals surface area (Å²) in [7, 11) is 0. The van der Waals surface area contributed by atoms with Crippen LogP contribution < -0.4 is 5.73 Å². The van der Waals surface area contributed by atoms with E-state index in [1.54, 1.807) is 0 Å². The molecule has 1 rings (SSSR count). The predicted octanol–water partition coefficient (Wildman–Crippen LogP) is 2.48. The van der Waals surface area contributed by atoms with Crippen molar-refractivity contribution in [2.45, 2.75) is 58.4 Å². The zero-order valence-corrected chi connectivity index (χ0v) is 10.6. The molecule has 0 bridgehead atoms. The van der Waals surface area contributed by atoms with Gasteiger partial charge < -0.3 is 10.5 Å². The molecule has 16 heavy (non-hydrogen) atoms. The second-order valence-electron chi connectivity index (χ2n) is 5.08. The third-order valence-electron chi connectivity index (χ3n) is 3.41. The minimum atomic E-state index is -0.0739. The second kappa shape index (κ2) is 6.89. The lowest BCUT2D eigenvalue weighted by molar-refractivity contribution is -0.151. The van der Waals surface area contributed by atoms with E-state index in [9.17, 15) is 4.79 Å². The number of carbonyl (C=O) groups excluding carboxylic acids is 1. The maximum absolute atomic E-state index is 11.8. The van der Waals surface area contributed by atoms with Gasteiger partial charge in [0.05, 0.1) is 12.5 Å². The zero-order valence-electron chi connectivity index (χ0n) is 10.6. The van der Waals surface area contributed by atoms with Gasteiger partial charge in [-0.15, -0.1) is 0 Å². The van der Waals surface area contributed by atoms with Crippen molar-refractivity contribution in [2.75, 3.05) is 6.61 Å². The maximum Gasteiger partial charge on any atom is 0.310 e. The van der Waals surface area contributed by atoms with Gasteiger partial charge in [-0.3, -0.25) is 4.79 Å². The van der Waals surface area contributed by atoms with Crippen molar-refractivity contribution < 1.29 is 9.53 Å². The van der Waals surface area contributed by atoms with Crippen LogP contribution in [0.15, 0.2) is 0 Å². The Morgan fingerprint density at radius 1 is 1.44 bits per heavy atom. The van der Waals surface area contributed by atoms with Gasteiger partial charge in [0.2, 0.25) is 0 Å². The van der Waals surface area contributed by atoms with Crippen LogP contribution in [0.4, 0.5) is 0 Å². The van der Waals surface area contributed by atoms with Crippen LogP contribution in [0.1, 0.15) is 52.4 Å². The molecule has 3 nitrogen and oxygen atoms in total. The van der Waals surface area contributed by atoms with Crippen LogP contribution in [0.3, 0.4) is 0 Å². The van der Waals surface area contributed by atoms with E-state index in [0.717, 1.165) is 38.5 Å². The van der Waals surface area contributed by atoms with Crippen molar-refractivity contribution in [2.24, 2.45) is 17.6 Å². The molecule has 3 heteroatoms. The van der Waals surface area contributed by atoms with Crippen LogP contribution in [0, 0.1) is 11.8 Å². The lowest BCUT2D eigenvalue weighted by Gasteiger charge is -2.27. The van der Waals surface area contributed by atoms with E-state index in [0.29, 0.717) is 12.5 Å². The minimum absolute atomic E-state index is 0.0164. The van der Waals surface area contributed by atoms with Crippen LogP contribution in [0.25, 0.3) is 0 Å². The molecule has 94 valence electrons. The first kappa shape index (κ1) is 13.5. The summed E-state index contributed by atoms with van der Waals surface area (Å²) in [5.74, 6) is 0.339. The van der Waals surface area contributed by atoms with Gasteiger partial charge in [-0.05, 0) is 25.2 Å². The van der Waals surface area contributed by atoms with Crippen molar-refractivity contribution in [3.63, 3.8) is 0 Å². The fourth-order valence-electron chi connectivity index (χ4n) is 2.36. The molecule has 3 atom stereocenters. The molecular weight excluding hydrogens is 202 g/mol. The lowest BCUT2D eigenvalue weighted by atomic mass is 9.85. The Morgan fingerprint density at radius 2 is 2.12 bits per heavy atom. The molecule has 2 N–H and O–H groups in total. The van der Waals surface area contributed by atoms with Gasteiger partial charge in [-0.2, -0.15) is 0 Å². The number of rotatable bonds is 5. The number of nitrogens with two attached hydrogens (primary N) is 1. The number of hydrogen-bond acceptors (Lipinski definition) is 3. The van der Waals surface area contributed by atoms with Crippen molar-refractivity contribution in [3.05, 3.63) is 0 Å². The Bertz CT molecular complexity index is 218. The van der Waals surface area contributed by atoms with E-state index in [1.165, 1.54) is 0 Å². The van der Waals surface area contributed by atoms with Gasteiger partial charge in [0, 0.05) is 6.04 Å². The lowest BCUT2D eigenvalue weighted by Crippen LogP contribution is -2.39. The molecule has 1 aliphatic carbocycles. The summed E-state index contributed by atoms with van der Waals surface area (Å²) in [4.78, 5) is 11.8. The van der Waals surface area contributed by atoms with Gasteiger partial charge in [-0.1, -0.05) is 33.1 Å². The SMILES string of the molecule is CCCC(C)COC(=O)C1CCCCC1N. The first-order valence-corrected chi connectivity index (χ1v) is 6.57. The third-order valence-corrected chi connectivity index (χ3v) is 3.41. The molecule has 0 aromatic heterocycles. The van der Waals surface area contributed by atoms with Crippen LogP contribution in [0.2, 0.25) is 0 Å². The molecule has 0 aliphatic heterocycles. The summed E-state index contributed by atoms with van der Waals surface area (Å²) in [6, 6.07) is 0.0164. The van der Waals surface area contributed by atoms with Gasteiger partial charge >= 0.3 is 5.97 Å². The van der Waals surface area contributed by atoms with Crippen molar-refractivity contribution >= 4 is 5.97 Å². The monoisotopic (exact) mass is 227 g/mol. The zero-order chi connectivity index (χ0) is 12.0. The molecule has 0 amide bonds. The highest BCUT2D eigenvalue weighted by Gasteiger charge is 2.29. The molecular formula is C13H25NO2. The van der Waals surface area contributed by atoms with E-state index >= 15 is 0 Å². The van der Waals surface area contributed by atoms with Gasteiger partial charge in [0.1, 0.15) is 0 Å². The minimum Gasteiger partial charge on any atom is -0.465 e.